The smallest absolute Gasteiger partial charge is 0.315 e. The van der Waals surface area contributed by atoms with Gasteiger partial charge in [0.05, 0.1) is 11.3 Å². The molecule has 0 aromatic heterocycles. The van der Waals surface area contributed by atoms with E-state index >= 15 is 0 Å². The first-order chi connectivity index (χ1) is 12.4. The molecule has 0 saturated carbocycles. The molecule has 5 nitrogen and oxygen atoms in total. The fourth-order valence-corrected chi connectivity index (χ4v) is 3.03. The topological polar surface area (TPSA) is 80.7 Å². The normalized spacial score (nSPS) is 11.8. The van der Waals surface area contributed by atoms with Crippen LogP contribution in [0.3, 0.4) is 0 Å². The number of rotatable bonds is 13. The molecule has 0 aliphatic carbocycles. The van der Waals surface area contributed by atoms with Gasteiger partial charge in [-0.1, -0.05) is 64.0 Å². The predicted octanol–water partition coefficient (Wildman–Crippen LogP) is 5.32. The largest absolute Gasteiger partial charge is 0.426 e. The van der Waals surface area contributed by atoms with Crippen LogP contribution in [0.1, 0.15) is 71.1 Å². The van der Waals surface area contributed by atoms with Crippen molar-refractivity contribution >= 4 is 16.1 Å². The third kappa shape index (κ3) is 10.4. The fraction of sp³-hybridized carbons (Fsp3) is 0.550. The maximum atomic E-state index is 11.7. The van der Waals surface area contributed by atoms with Gasteiger partial charge in [-0.25, -0.2) is 0 Å². The minimum absolute atomic E-state index is 0.178. The van der Waals surface area contributed by atoms with Gasteiger partial charge < -0.3 is 4.74 Å². The van der Waals surface area contributed by atoms with Crippen LogP contribution >= 0.6 is 0 Å². The van der Waals surface area contributed by atoms with Gasteiger partial charge in [-0.15, -0.1) is 0 Å². The molecule has 0 heterocycles. The Morgan fingerprint density at radius 3 is 2.12 bits per heavy atom. The summed E-state index contributed by atoms with van der Waals surface area (Å²) in [5.74, 6) is -0.157. The lowest BCUT2D eigenvalue weighted by Crippen LogP contribution is -2.06. The van der Waals surface area contributed by atoms with Gasteiger partial charge >= 0.3 is 5.97 Å². The summed E-state index contributed by atoms with van der Waals surface area (Å²) in [4.78, 5) is 11.5. The van der Waals surface area contributed by atoms with Gasteiger partial charge in [-0.05, 0) is 37.1 Å². The highest BCUT2D eigenvalue weighted by Gasteiger charge is 2.09. The highest BCUT2D eigenvalue weighted by Crippen LogP contribution is 2.16. The second kappa shape index (κ2) is 12.7. The third-order valence-corrected chi connectivity index (χ3v) is 4.90. The molecule has 0 amide bonds. The molecule has 0 aliphatic rings. The number of unbranched alkanes of at least 4 members (excludes halogenated alkanes) is 8. The number of carbonyl (C=O) groups excluding carboxylic acids is 1. The Balaban J connectivity index is 2.13. The van der Waals surface area contributed by atoms with Crippen LogP contribution < -0.4 is 4.74 Å². The number of hydrogen-bond donors (Lipinski definition) is 1. The molecule has 0 unspecified atom stereocenters. The molecule has 26 heavy (non-hydrogen) atoms. The van der Waals surface area contributed by atoms with Gasteiger partial charge in [0.25, 0.3) is 10.1 Å². The minimum atomic E-state index is -4.23. The summed E-state index contributed by atoms with van der Waals surface area (Å²) in [5, 5.41) is 0. The molecule has 0 fully saturated rings. The minimum Gasteiger partial charge on any atom is -0.426 e. The van der Waals surface area contributed by atoms with Crippen molar-refractivity contribution in [3.63, 3.8) is 0 Å². The van der Waals surface area contributed by atoms with Crippen molar-refractivity contribution in [2.45, 2.75) is 76.0 Å². The molecule has 6 heteroatoms. The van der Waals surface area contributed by atoms with Gasteiger partial charge in [0.15, 0.2) is 0 Å². The van der Waals surface area contributed by atoms with E-state index in [0.717, 1.165) is 12.8 Å². The van der Waals surface area contributed by atoms with Gasteiger partial charge in [-0.3, -0.25) is 9.35 Å². The van der Waals surface area contributed by atoms with E-state index in [9.17, 15) is 13.2 Å². The number of esters is 1. The Labute approximate surface area is 157 Å². The average Bonchev–Trinajstić information content (AvgIpc) is 2.59. The molecule has 0 atom stereocenters. The summed E-state index contributed by atoms with van der Waals surface area (Å²) in [5.41, 5.74) is 0. The van der Waals surface area contributed by atoms with Crippen molar-refractivity contribution < 1.29 is 22.5 Å². The van der Waals surface area contributed by atoms with Crippen LogP contribution in [0.5, 0.6) is 5.75 Å². The van der Waals surface area contributed by atoms with Crippen molar-refractivity contribution in [2.24, 2.45) is 0 Å². The van der Waals surface area contributed by atoms with Crippen LogP contribution in [-0.2, 0) is 14.9 Å². The molecule has 1 N–H and O–H groups in total. The van der Waals surface area contributed by atoms with E-state index < -0.39 is 16.1 Å². The number of hydrogen-bond acceptors (Lipinski definition) is 4. The lowest BCUT2D eigenvalue weighted by atomic mass is 10.1. The first-order valence-corrected chi connectivity index (χ1v) is 10.8. The lowest BCUT2D eigenvalue weighted by molar-refractivity contribution is -0.133. The monoisotopic (exact) mass is 382 g/mol. The average molecular weight is 383 g/mol. The number of benzene rings is 1. The zero-order valence-corrected chi connectivity index (χ0v) is 16.3. The predicted molar refractivity (Wildman–Crippen MR) is 103 cm³/mol. The summed E-state index contributed by atoms with van der Waals surface area (Å²) in [6.07, 6.45) is 15.2. The van der Waals surface area contributed by atoms with Gasteiger partial charge in [-0.2, -0.15) is 8.42 Å². The lowest BCUT2D eigenvalue weighted by Gasteiger charge is -2.03. The van der Waals surface area contributed by atoms with Gasteiger partial charge in [0, 0.05) is 0 Å². The molecule has 0 aliphatic heterocycles. The van der Waals surface area contributed by atoms with E-state index in [-0.39, 0.29) is 17.1 Å². The Morgan fingerprint density at radius 1 is 0.962 bits per heavy atom. The van der Waals surface area contributed by atoms with Gasteiger partial charge in [0.2, 0.25) is 0 Å². The third-order valence-electron chi connectivity index (χ3n) is 4.03. The van der Waals surface area contributed by atoms with Crippen molar-refractivity contribution in [2.75, 3.05) is 0 Å². The quantitative estimate of drug-likeness (QED) is 0.164. The Kier molecular flexibility index (Phi) is 10.9. The van der Waals surface area contributed by atoms with Gasteiger partial charge in [0.1, 0.15) is 5.75 Å². The molecule has 1 rings (SSSR count). The van der Waals surface area contributed by atoms with Crippen molar-refractivity contribution in [1.82, 2.24) is 0 Å². The Hall–Kier alpha value is -1.66. The summed E-state index contributed by atoms with van der Waals surface area (Å²) < 4.78 is 35.9. The first-order valence-electron chi connectivity index (χ1n) is 9.36. The SMILES string of the molecule is CCCCCCCCCCC=CCC(=O)Oc1ccc(S(=O)(=O)O)cc1. The molecule has 0 spiro atoms. The summed E-state index contributed by atoms with van der Waals surface area (Å²) in [7, 11) is -4.23. The van der Waals surface area contributed by atoms with E-state index in [1.54, 1.807) is 6.08 Å². The highest BCUT2D eigenvalue weighted by atomic mass is 32.2. The maximum Gasteiger partial charge on any atom is 0.315 e. The van der Waals surface area contributed by atoms with Crippen molar-refractivity contribution in [1.29, 1.82) is 0 Å². The molecule has 0 bridgehead atoms. The molecule has 0 saturated heterocycles. The Morgan fingerprint density at radius 2 is 1.54 bits per heavy atom. The second-order valence-electron chi connectivity index (χ2n) is 6.36. The molecule has 146 valence electrons. The number of carbonyl (C=O) groups is 1. The van der Waals surface area contributed by atoms with E-state index in [2.05, 4.69) is 6.92 Å². The summed E-state index contributed by atoms with van der Waals surface area (Å²) in [6, 6.07) is 5.06. The van der Waals surface area contributed by atoms with E-state index in [4.69, 9.17) is 9.29 Å². The van der Waals surface area contributed by atoms with E-state index in [1.807, 2.05) is 6.08 Å². The van der Waals surface area contributed by atoms with Crippen molar-refractivity contribution in [3.8, 4) is 5.75 Å². The Bertz CT molecular complexity index is 647. The van der Waals surface area contributed by atoms with Crippen molar-refractivity contribution in [3.05, 3.63) is 36.4 Å². The molecule has 0 radical (unpaired) electrons. The van der Waals surface area contributed by atoms with Crippen LogP contribution in [0.4, 0.5) is 0 Å². The standard InChI is InChI=1S/C20H30O5S/c1-2-3-4-5-6-7-8-9-10-11-12-13-20(21)25-18-14-16-19(17-15-18)26(22,23)24/h11-12,14-17H,2-10,13H2,1H3,(H,22,23,24). The van der Waals surface area contributed by atoms with E-state index in [1.165, 1.54) is 69.2 Å². The summed E-state index contributed by atoms with van der Waals surface area (Å²) >= 11 is 0. The van der Waals surface area contributed by atoms with Crippen LogP contribution in [0.25, 0.3) is 0 Å². The summed E-state index contributed by atoms with van der Waals surface area (Å²) in [6.45, 7) is 2.22. The van der Waals surface area contributed by atoms with Crippen LogP contribution in [0, 0.1) is 0 Å². The zero-order chi connectivity index (χ0) is 19.3. The zero-order valence-electron chi connectivity index (χ0n) is 15.5. The van der Waals surface area contributed by atoms with Crippen LogP contribution in [0.15, 0.2) is 41.3 Å². The first kappa shape index (κ1) is 22.4. The molecular weight excluding hydrogens is 352 g/mol. The second-order valence-corrected chi connectivity index (χ2v) is 7.78. The van der Waals surface area contributed by atoms with Crippen LogP contribution in [0.2, 0.25) is 0 Å². The molecular formula is C20H30O5S. The number of allylic oxidation sites excluding steroid dienone is 1. The van der Waals surface area contributed by atoms with E-state index in [0.29, 0.717) is 0 Å². The molecule has 1 aromatic rings. The number of ether oxygens (including phenoxy) is 1. The fourth-order valence-electron chi connectivity index (χ4n) is 2.55. The highest BCUT2D eigenvalue weighted by molar-refractivity contribution is 7.85. The maximum absolute atomic E-state index is 11.7. The molecule has 1 aromatic carbocycles. The van der Waals surface area contributed by atoms with Crippen LogP contribution in [-0.4, -0.2) is 18.9 Å².